The highest BCUT2D eigenvalue weighted by molar-refractivity contribution is 5.21. The maximum atomic E-state index is 5.82. The van der Waals surface area contributed by atoms with Gasteiger partial charge in [-0.05, 0) is 33.6 Å². The van der Waals surface area contributed by atoms with Crippen molar-refractivity contribution < 1.29 is 9.26 Å². The number of nitrogens with zero attached hydrogens (tertiary/aromatic N) is 2. The molecule has 0 bridgehead atoms. The molecule has 0 aliphatic carbocycles. The van der Waals surface area contributed by atoms with Crippen molar-refractivity contribution in [3.05, 3.63) is 5.82 Å². The van der Waals surface area contributed by atoms with Crippen molar-refractivity contribution in [1.29, 1.82) is 0 Å². The molecule has 0 saturated heterocycles. The summed E-state index contributed by atoms with van der Waals surface area (Å²) in [5, 5.41) is 7.12. The zero-order valence-electron chi connectivity index (χ0n) is 11.4. The van der Waals surface area contributed by atoms with Gasteiger partial charge >= 0.3 is 6.01 Å². The second-order valence-electron chi connectivity index (χ2n) is 4.36. The monoisotopic (exact) mass is 241 g/mol. The molecule has 0 spiro atoms. The molecule has 0 unspecified atom stereocenters. The molecule has 1 aromatic heterocycles. The largest absolute Gasteiger partial charge is 0.367 e. The zero-order valence-corrected chi connectivity index (χ0v) is 11.4. The quantitative estimate of drug-likeness (QED) is 0.795. The lowest BCUT2D eigenvalue weighted by atomic mass is 9.96. The van der Waals surface area contributed by atoms with E-state index in [-0.39, 0.29) is 6.04 Å². The van der Waals surface area contributed by atoms with Crippen LogP contribution in [-0.4, -0.2) is 22.8 Å². The SMILES string of the molecule is CCOC(CC)(CC)c1noc(NC(C)C)n1. The first-order valence-corrected chi connectivity index (χ1v) is 6.32. The Bertz CT molecular complexity index is 332. The van der Waals surface area contributed by atoms with Crippen molar-refractivity contribution in [2.75, 3.05) is 11.9 Å². The van der Waals surface area contributed by atoms with Gasteiger partial charge in [-0.3, -0.25) is 0 Å². The smallest absolute Gasteiger partial charge is 0.321 e. The Morgan fingerprint density at radius 1 is 1.29 bits per heavy atom. The third kappa shape index (κ3) is 3.19. The van der Waals surface area contributed by atoms with E-state index in [1.165, 1.54) is 0 Å². The normalized spacial score (nSPS) is 12.1. The van der Waals surface area contributed by atoms with Crippen molar-refractivity contribution in [3.8, 4) is 0 Å². The maximum Gasteiger partial charge on any atom is 0.321 e. The Morgan fingerprint density at radius 3 is 2.41 bits per heavy atom. The number of ether oxygens (including phenoxy) is 1. The van der Waals surface area contributed by atoms with E-state index in [0.29, 0.717) is 18.4 Å². The van der Waals surface area contributed by atoms with Crippen LogP contribution in [-0.2, 0) is 10.3 Å². The highest BCUT2D eigenvalue weighted by Gasteiger charge is 2.34. The zero-order chi connectivity index (χ0) is 12.9. The molecule has 0 fully saturated rings. The standard InChI is InChI=1S/C12H23N3O2/c1-6-12(7-2,16-8-3)10-14-11(17-15-10)13-9(4)5/h9H,6-8H2,1-5H3,(H,13,14,15). The molecule has 0 radical (unpaired) electrons. The molecule has 1 rings (SSSR count). The predicted molar refractivity (Wildman–Crippen MR) is 66.9 cm³/mol. The van der Waals surface area contributed by atoms with Gasteiger partial charge in [-0.1, -0.05) is 19.0 Å². The first-order chi connectivity index (χ1) is 8.07. The molecule has 0 saturated carbocycles. The number of nitrogens with one attached hydrogen (secondary N) is 1. The van der Waals surface area contributed by atoms with Gasteiger partial charge in [-0.25, -0.2) is 0 Å². The van der Waals surface area contributed by atoms with Gasteiger partial charge in [0.05, 0.1) is 0 Å². The molecule has 0 aromatic carbocycles. The van der Waals surface area contributed by atoms with Crippen LogP contribution in [0.4, 0.5) is 6.01 Å². The average molecular weight is 241 g/mol. The van der Waals surface area contributed by atoms with Gasteiger partial charge in [-0.15, -0.1) is 0 Å². The summed E-state index contributed by atoms with van der Waals surface area (Å²) in [6.07, 6.45) is 1.66. The van der Waals surface area contributed by atoms with Gasteiger partial charge in [0.1, 0.15) is 5.60 Å². The summed E-state index contributed by atoms with van der Waals surface area (Å²) in [6.45, 7) is 10.8. The minimum atomic E-state index is -0.421. The molecule has 1 N–H and O–H groups in total. The summed E-state index contributed by atoms with van der Waals surface area (Å²) in [4.78, 5) is 4.37. The van der Waals surface area contributed by atoms with E-state index in [9.17, 15) is 0 Å². The fourth-order valence-electron chi connectivity index (χ4n) is 1.83. The van der Waals surface area contributed by atoms with Crippen LogP contribution in [0.25, 0.3) is 0 Å². The lowest BCUT2D eigenvalue weighted by molar-refractivity contribution is -0.0583. The Balaban J connectivity index is 2.91. The van der Waals surface area contributed by atoms with Crippen LogP contribution in [0.5, 0.6) is 0 Å². The maximum absolute atomic E-state index is 5.82. The van der Waals surface area contributed by atoms with Crippen LogP contribution in [0.1, 0.15) is 53.3 Å². The number of hydrogen-bond donors (Lipinski definition) is 1. The summed E-state index contributed by atoms with van der Waals surface area (Å²) in [5.74, 6) is 0.632. The summed E-state index contributed by atoms with van der Waals surface area (Å²) >= 11 is 0. The molecule has 0 amide bonds. The minimum Gasteiger partial charge on any atom is -0.367 e. The summed E-state index contributed by atoms with van der Waals surface area (Å²) < 4.78 is 11.0. The lowest BCUT2D eigenvalue weighted by Gasteiger charge is -2.27. The molecule has 17 heavy (non-hydrogen) atoms. The second kappa shape index (κ2) is 6.00. The highest BCUT2D eigenvalue weighted by atomic mass is 16.5. The van der Waals surface area contributed by atoms with E-state index in [0.717, 1.165) is 12.8 Å². The Morgan fingerprint density at radius 2 is 1.94 bits per heavy atom. The van der Waals surface area contributed by atoms with E-state index in [4.69, 9.17) is 9.26 Å². The summed E-state index contributed by atoms with van der Waals surface area (Å²) in [6, 6.07) is 0.731. The van der Waals surface area contributed by atoms with E-state index in [2.05, 4.69) is 29.3 Å². The predicted octanol–water partition coefficient (Wildman–Crippen LogP) is 2.94. The number of rotatable bonds is 7. The summed E-state index contributed by atoms with van der Waals surface area (Å²) in [7, 11) is 0. The molecular weight excluding hydrogens is 218 g/mol. The van der Waals surface area contributed by atoms with Gasteiger partial charge in [0, 0.05) is 12.6 Å². The fourth-order valence-corrected chi connectivity index (χ4v) is 1.83. The van der Waals surface area contributed by atoms with Crippen LogP contribution in [0.3, 0.4) is 0 Å². The van der Waals surface area contributed by atoms with Gasteiger partial charge < -0.3 is 14.6 Å². The molecule has 0 aliphatic rings. The Labute approximate surface area is 103 Å². The van der Waals surface area contributed by atoms with Gasteiger partial charge in [0.2, 0.25) is 5.82 Å². The van der Waals surface area contributed by atoms with Crippen LogP contribution < -0.4 is 5.32 Å². The van der Waals surface area contributed by atoms with E-state index in [1.54, 1.807) is 0 Å². The first-order valence-electron chi connectivity index (χ1n) is 6.32. The third-order valence-electron chi connectivity index (χ3n) is 2.81. The van der Waals surface area contributed by atoms with Crippen molar-refractivity contribution in [2.45, 2.75) is 59.1 Å². The third-order valence-corrected chi connectivity index (χ3v) is 2.81. The fraction of sp³-hybridized carbons (Fsp3) is 0.833. The molecule has 1 aromatic rings. The van der Waals surface area contributed by atoms with Crippen LogP contribution in [0, 0.1) is 0 Å². The van der Waals surface area contributed by atoms with Gasteiger partial charge in [-0.2, -0.15) is 4.98 Å². The van der Waals surface area contributed by atoms with Crippen molar-refractivity contribution in [1.82, 2.24) is 10.1 Å². The van der Waals surface area contributed by atoms with E-state index in [1.807, 2.05) is 20.8 Å². The number of anilines is 1. The van der Waals surface area contributed by atoms with E-state index >= 15 is 0 Å². The number of aromatic nitrogens is 2. The van der Waals surface area contributed by atoms with Crippen molar-refractivity contribution >= 4 is 6.01 Å². The molecule has 5 heteroatoms. The first kappa shape index (κ1) is 14.0. The van der Waals surface area contributed by atoms with Crippen LogP contribution >= 0.6 is 0 Å². The Kier molecular flexibility index (Phi) is 4.93. The van der Waals surface area contributed by atoms with Gasteiger partial charge in [0.25, 0.3) is 0 Å². The molecule has 0 atom stereocenters. The highest BCUT2D eigenvalue weighted by Crippen LogP contribution is 2.31. The van der Waals surface area contributed by atoms with E-state index < -0.39 is 5.60 Å². The molecule has 5 nitrogen and oxygen atoms in total. The average Bonchev–Trinajstić information content (AvgIpc) is 2.74. The molecular formula is C12H23N3O2. The van der Waals surface area contributed by atoms with Crippen LogP contribution in [0.15, 0.2) is 4.52 Å². The summed E-state index contributed by atoms with van der Waals surface area (Å²) in [5.41, 5.74) is -0.421. The molecule has 1 heterocycles. The Hall–Kier alpha value is -1.10. The molecule has 98 valence electrons. The second-order valence-corrected chi connectivity index (χ2v) is 4.36. The van der Waals surface area contributed by atoms with Crippen molar-refractivity contribution in [2.24, 2.45) is 0 Å². The topological polar surface area (TPSA) is 60.2 Å². The van der Waals surface area contributed by atoms with Crippen LogP contribution in [0.2, 0.25) is 0 Å². The van der Waals surface area contributed by atoms with Gasteiger partial charge in [0.15, 0.2) is 0 Å². The van der Waals surface area contributed by atoms with Crippen molar-refractivity contribution in [3.63, 3.8) is 0 Å². The lowest BCUT2D eigenvalue weighted by Crippen LogP contribution is -2.29. The number of hydrogen-bond acceptors (Lipinski definition) is 5. The minimum absolute atomic E-state index is 0.271. The molecule has 0 aliphatic heterocycles.